The summed E-state index contributed by atoms with van der Waals surface area (Å²) < 4.78 is 1.71. The van der Waals surface area contributed by atoms with Gasteiger partial charge in [0.15, 0.2) is 6.17 Å². The van der Waals surface area contributed by atoms with Gasteiger partial charge in [0.05, 0.1) is 5.52 Å². The molecule has 5 N–H and O–H groups in total. The van der Waals surface area contributed by atoms with Crippen LogP contribution in [-0.2, 0) is 16.0 Å². The molecule has 0 saturated carbocycles. The van der Waals surface area contributed by atoms with Crippen LogP contribution >= 0.6 is 0 Å². The van der Waals surface area contributed by atoms with Gasteiger partial charge in [0.25, 0.3) is 5.91 Å². The lowest BCUT2D eigenvalue weighted by Crippen LogP contribution is -2.41. The fourth-order valence-corrected chi connectivity index (χ4v) is 3.24. The third-order valence-corrected chi connectivity index (χ3v) is 4.24. The number of aromatic hydroxyl groups is 1. The first kappa shape index (κ1) is 15.4. The second-order valence-electron chi connectivity index (χ2n) is 5.77. The van der Waals surface area contributed by atoms with Gasteiger partial charge < -0.3 is 26.0 Å². The molecule has 0 aliphatic carbocycles. The van der Waals surface area contributed by atoms with E-state index in [1.165, 1.54) is 4.90 Å². The smallest absolute Gasteiger partial charge is 0.261 e. The predicted molar refractivity (Wildman–Crippen MR) is 85.5 cm³/mol. The molecule has 2 heterocycles. The summed E-state index contributed by atoms with van der Waals surface area (Å²) in [4.78, 5) is 25.6. The second-order valence-corrected chi connectivity index (χ2v) is 5.77. The van der Waals surface area contributed by atoms with E-state index in [1.807, 2.05) is 0 Å². The molecule has 7 heteroatoms. The number of phenolic OH excluding ortho intramolecular Hbond substituents is 1. The van der Waals surface area contributed by atoms with Crippen LogP contribution in [0, 0.1) is 0 Å². The van der Waals surface area contributed by atoms with Crippen molar-refractivity contribution in [3.8, 4) is 5.75 Å². The summed E-state index contributed by atoms with van der Waals surface area (Å²) in [7, 11) is 0. The second kappa shape index (κ2) is 5.92. The fraction of sp³-hybridized carbons (Fsp3) is 0.375. The lowest BCUT2D eigenvalue weighted by molar-refractivity contribution is -0.139. The van der Waals surface area contributed by atoms with Gasteiger partial charge in [-0.1, -0.05) is 0 Å². The third-order valence-electron chi connectivity index (χ3n) is 4.24. The van der Waals surface area contributed by atoms with Crippen LogP contribution in [0.4, 0.5) is 0 Å². The van der Waals surface area contributed by atoms with Crippen molar-refractivity contribution in [2.75, 3.05) is 13.1 Å². The van der Waals surface area contributed by atoms with E-state index in [2.05, 4.69) is 0 Å². The van der Waals surface area contributed by atoms with E-state index >= 15 is 0 Å². The minimum Gasteiger partial charge on any atom is -0.508 e. The maximum Gasteiger partial charge on any atom is 0.261 e. The number of hydrogen-bond donors (Lipinski definition) is 3. The molecule has 122 valence electrons. The number of carbonyl (C=O) groups is 2. The van der Waals surface area contributed by atoms with Crippen LogP contribution in [0.1, 0.15) is 24.6 Å². The zero-order valence-corrected chi connectivity index (χ0v) is 12.7. The van der Waals surface area contributed by atoms with E-state index in [-0.39, 0.29) is 11.7 Å². The highest BCUT2D eigenvalue weighted by atomic mass is 16.3. The standard InChI is InChI=1S/C16H20N4O3/c17-6-5-10-9-20(13-4-3-11(21)8-12(10)13)16(15(18)23)19-7-1-2-14(19)22/h3-4,8-9,16,21H,1-2,5-7,17H2,(H2,18,23). The summed E-state index contributed by atoms with van der Waals surface area (Å²) in [6.07, 6.45) is 2.70. The van der Waals surface area contributed by atoms with Crippen molar-refractivity contribution in [1.29, 1.82) is 0 Å². The van der Waals surface area contributed by atoms with Gasteiger partial charge in [-0.3, -0.25) is 9.59 Å². The molecule has 1 aliphatic rings. The maximum absolute atomic E-state index is 12.1. The number of hydrogen-bond acceptors (Lipinski definition) is 4. The van der Waals surface area contributed by atoms with E-state index in [0.717, 1.165) is 22.9 Å². The Balaban J connectivity index is 2.16. The SMILES string of the molecule is NCCc1cn(C(C(N)=O)N2CCCC2=O)c2ccc(O)cc12. The molecule has 1 aliphatic heterocycles. The minimum atomic E-state index is -0.858. The van der Waals surface area contributed by atoms with Crippen LogP contribution < -0.4 is 11.5 Å². The van der Waals surface area contributed by atoms with Gasteiger partial charge in [0.2, 0.25) is 5.91 Å². The highest BCUT2D eigenvalue weighted by Crippen LogP contribution is 2.31. The van der Waals surface area contributed by atoms with E-state index < -0.39 is 12.1 Å². The molecule has 23 heavy (non-hydrogen) atoms. The van der Waals surface area contributed by atoms with Crippen molar-refractivity contribution in [2.24, 2.45) is 11.5 Å². The molecular weight excluding hydrogens is 296 g/mol. The molecule has 2 amide bonds. The van der Waals surface area contributed by atoms with Crippen LogP contribution in [0.15, 0.2) is 24.4 Å². The van der Waals surface area contributed by atoms with Gasteiger partial charge in [-0.25, -0.2) is 0 Å². The molecule has 1 aromatic carbocycles. The monoisotopic (exact) mass is 316 g/mol. The van der Waals surface area contributed by atoms with Gasteiger partial charge in [-0.05, 0) is 43.1 Å². The Morgan fingerprint density at radius 1 is 1.39 bits per heavy atom. The van der Waals surface area contributed by atoms with Crippen molar-refractivity contribution >= 4 is 22.7 Å². The van der Waals surface area contributed by atoms with Gasteiger partial charge in [-0.2, -0.15) is 0 Å². The first-order valence-corrected chi connectivity index (χ1v) is 7.64. The quantitative estimate of drug-likeness (QED) is 0.743. The highest BCUT2D eigenvalue weighted by molar-refractivity contribution is 5.90. The number of nitrogens with zero attached hydrogens (tertiary/aromatic N) is 2. The first-order valence-electron chi connectivity index (χ1n) is 7.64. The number of rotatable bonds is 5. The summed E-state index contributed by atoms with van der Waals surface area (Å²) in [5.41, 5.74) is 12.9. The molecule has 2 aromatic rings. The zero-order valence-electron chi connectivity index (χ0n) is 12.7. The lowest BCUT2D eigenvalue weighted by atomic mass is 10.1. The predicted octanol–water partition coefficient (Wildman–Crippen LogP) is 0.454. The van der Waals surface area contributed by atoms with Crippen LogP contribution in [0.3, 0.4) is 0 Å². The number of carbonyl (C=O) groups excluding carboxylic acids is 2. The first-order chi connectivity index (χ1) is 11.0. The minimum absolute atomic E-state index is 0.0743. The number of aromatic nitrogens is 1. The Hall–Kier alpha value is -2.54. The topological polar surface area (TPSA) is 115 Å². The summed E-state index contributed by atoms with van der Waals surface area (Å²) in [5, 5.41) is 10.6. The molecule has 1 atom stereocenters. The number of nitrogens with two attached hydrogens (primary N) is 2. The van der Waals surface area contributed by atoms with Crippen molar-refractivity contribution in [3.63, 3.8) is 0 Å². The normalized spacial score (nSPS) is 16.2. The molecule has 1 aromatic heterocycles. The lowest BCUT2D eigenvalue weighted by Gasteiger charge is -2.27. The maximum atomic E-state index is 12.1. The van der Waals surface area contributed by atoms with Crippen molar-refractivity contribution in [2.45, 2.75) is 25.4 Å². The van der Waals surface area contributed by atoms with Crippen molar-refractivity contribution in [1.82, 2.24) is 9.47 Å². The Morgan fingerprint density at radius 2 is 2.17 bits per heavy atom. The number of likely N-dealkylation sites (tertiary alicyclic amines) is 1. The van der Waals surface area contributed by atoms with Crippen molar-refractivity contribution in [3.05, 3.63) is 30.0 Å². The summed E-state index contributed by atoms with van der Waals surface area (Å²) in [6.45, 7) is 0.953. The summed E-state index contributed by atoms with van der Waals surface area (Å²) in [5.74, 6) is -0.513. The molecule has 1 fully saturated rings. The van der Waals surface area contributed by atoms with Gasteiger partial charge in [0.1, 0.15) is 5.75 Å². The van der Waals surface area contributed by atoms with Crippen LogP contribution in [0.2, 0.25) is 0 Å². The van der Waals surface area contributed by atoms with Crippen molar-refractivity contribution < 1.29 is 14.7 Å². The molecular formula is C16H20N4O3. The summed E-state index contributed by atoms with van der Waals surface area (Å²) in [6, 6.07) is 4.91. The molecule has 0 radical (unpaired) electrons. The molecule has 0 bridgehead atoms. The Bertz CT molecular complexity index is 768. The Kier molecular flexibility index (Phi) is 3.96. The molecule has 0 spiro atoms. The molecule has 1 unspecified atom stereocenters. The van der Waals surface area contributed by atoms with E-state index in [9.17, 15) is 14.7 Å². The number of benzene rings is 1. The zero-order chi connectivity index (χ0) is 16.6. The van der Waals surface area contributed by atoms with Gasteiger partial charge in [0, 0.05) is 24.5 Å². The Morgan fingerprint density at radius 3 is 2.78 bits per heavy atom. The van der Waals surface area contributed by atoms with Gasteiger partial charge >= 0.3 is 0 Å². The van der Waals surface area contributed by atoms with Gasteiger partial charge in [-0.15, -0.1) is 0 Å². The third kappa shape index (κ3) is 2.63. The van der Waals surface area contributed by atoms with E-state index in [0.29, 0.717) is 25.9 Å². The fourth-order valence-electron chi connectivity index (χ4n) is 3.24. The number of amides is 2. The Labute approximate surface area is 133 Å². The van der Waals surface area contributed by atoms with Crippen LogP contribution in [-0.4, -0.2) is 39.5 Å². The highest BCUT2D eigenvalue weighted by Gasteiger charge is 2.33. The van der Waals surface area contributed by atoms with Crippen LogP contribution in [0.5, 0.6) is 5.75 Å². The number of fused-ring (bicyclic) bond motifs is 1. The molecule has 3 rings (SSSR count). The average molecular weight is 316 g/mol. The molecule has 7 nitrogen and oxygen atoms in total. The summed E-state index contributed by atoms with van der Waals surface area (Å²) >= 11 is 0. The number of primary amides is 1. The van der Waals surface area contributed by atoms with E-state index in [1.54, 1.807) is 29.0 Å². The van der Waals surface area contributed by atoms with E-state index in [4.69, 9.17) is 11.5 Å². The largest absolute Gasteiger partial charge is 0.508 e. The number of phenols is 1. The molecule has 1 saturated heterocycles. The van der Waals surface area contributed by atoms with Crippen LogP contribution in [0.25, 0.3) is 10.9 Å². The average Bonchev–Trinajstić information content (AvgIpc) is 3.05.